The Morgan fingerprint density at radius 1 is 1.19 bits per heavy atom. The Morgan fingerprint density at radius 2 is 1.96 bits per heavy atom. The summed E-state index contributed by atoms with van der Waals surface area (Å²) in [5.74, 6) is 0.888. The lowest BCUT2D eigenvalue weighted by Crippen LogP contribution is -2.53. The highest BCUT2D eigenvalue weighted by Crippen LogP contribution is 2.34. The van der Waals surface area contributed by atoms with Gasteiger partial charge in [0.05, 0.1) is 21.3 Å². The Balaban J connectivity index is 1.37. The van der Waals surface area contributed by atoms with E-state index in [4.69, 9.17) is 4.98 Å². The van der Waals surface area contributed by atoms with Crippen LogP contribution in [0.5, 0.6) is 0 Å². The molecule has 2 aromatic rings. The molecule has 1 aromatic carbocycles. The molecule has 4 nitrogen and oxygen atoms in total. The Morgan fingerprint density at radius 3 is 2.70 bits per heavy atom. The largest absolute Gasteiger partial charge is 0.338 e. The van der Waals surface area contributed by atoms with E-state index in [0.29, 0.717) is 17.9 Å². The number of para-hydroxylation sites is 1. The van der Waals surface area contributed by atoms with Crippen molar-refractivity contribution in [2.75, 3.05) is 19.6 Å². The van der Waals surface area contributed by atoms with Gasteiger partial charge in [0.15, 0.2) is 0 Å². The van der Waals surface area contributed by atoms with Crippen LogP contribution in [0.4, 0.5) is 0 Å². The molecule has 1 amide bonds. The third-order valence-corrected chi connectivity index (χ3v) is 7.67. The normalized spacial score (nSPS) is 23.6. The van der Waals surface area contributed by atoms with Gasteiger partial charge in [-0.2, -0.15) is 0 Å². The first-order chi connectivity index (χ1) is 13.2. The molecule has 4 rings (SSSR count). The number of piperidine rings is 2. The van der Waals surface area contributed by atoms with Gasteiger partial charge in [0.2, 0.25) is 5.91 Å². The number of hydrogen-bond acceptors (Lipinski definition) is 4. The minimum absolute atomic E-state index is 0.00784. The first kappa shape index (κ1) is 18.9. The van der Waals surface area contributed by atoms with Crippen LogP contribution in [0.3, 0.4) is 0 Å². The van der Waals surface area contributed by atoms with Gasteiger partial charge in [0.25, 0.3) is 0 Å². The fourth-order valence-electron chi connectivity index (χ4n) is 4.71. The van der Waals surface area contributed by atoms with Gasteiger partial charge >= 0.3 is 0 Å². The van der Waals surface area contributed by atoms with Gasteiger partial charge in [0.1, 0.15) is 0 Å². The molecule has 0 aliphatic carbocycles. The molecule has 3 heterocycles. The summed E-state index contributed by atoms with van der Waals surface area (Å²) in [6, 6.07) is 8.88. The van der Waals surface area contributed by atoms with E-state index < -0.39 is 0 Å². The maximum atomic E-state index is 13.1. The van der Waals surface area contributed by atoms with Crippen molar-refractivity contribution in [2.45, 2.75) is 70.4 Å². The van der Waals surface area contributed by atoms with E-state index in [0.717, 1.165) is 50.8 Å². The molecule has 0 spiro atoms. The molecule has 0 radical (unpaired) electrons. The average Bonchev–Trinajstić information content (AvgIpc) is 3.17. The van der Waals surface area contributed by atoms with E-state index in [1.54, 1.807) is 0 Å². The van der Waals surface area contributed by atoms with Gasteiger partial charge in [-0.1, -0.05) is 19.1 Å². The van der Waals surface area contributed by atoms with Crippen LogP contribution in [0.25, 0.3) is 10.2 Å². The van der Waals surface area contributed by atoms with Crippen molar-refractivity contribution < 1.29 is 4.79 Å². The SMILES string of the molecule is CCC1CCCCN1C(=O)C(C)N1CCC(c2nc3ccccc3s2)CC1. The Bertz CT molecular complexity index is 748. The van der Waals surface area contributed by atoms with E-state index in [1.165, 1.54) is 22.5 Å². The van der Waals surface area contributed by atoms with E-state index in [-0.39, 0.29) is 6.04 Å². The number of amides is 1. The number of carbonyl (C=O) groups is 1. The summed E-state index contributed by atoms with van der Waals surface area (Å²) < 4.78 is 1.29. The van der Waals surface area contributed by atoms with Crippen molar-refractivity contribution in [3.05, 3.63) is 29.3 Å². The third kappa shape index (κ3) is 3.90. The molecule has 1 aromatic heterocycles. The first-order valence-electron chi connectivity index (χ1n) is 10.6. The number of likely N-dealkylation sites (tertiary alicyclic amines) is 2. The monoisotopic (exact) mass is 385 g/mol. The lowest BCUT2D eigenvalue weighted by atomic mass is 9.95. The summed E-state index contributed by atoms with van der Waals surface area (Å²) in [7, 11) is 0. The van der Waals surface area contributed by atoms with Gasteiger partial charge in [-0.25, -0.2) is 4.98 Å². The Kier molecular flexibility index (Phi) is 5.79. The molecule has 2 saturated heterocycles. The Hall–Kier alpha value is -1.46. The predicted octanol–water partition coefficient (Wildman–Crippen LogP) is 4.66. The number of hydrogen-bond donors (Lipinski definition) is 0. The average molecular weight is 386 g/mol. The fourth-order valence-corrected chi connectivity index (χ4v) is 5.85. The van der Waals surface area contributed by atoms with Gasteiger partial charge in [-0.05, 0) is 70.7 Å². The molecule has 2 aliphatic rings. The van der Waals surface area contributed by atoms with Crippen LogP contribution < -0.4 is 0 Å². The number of aromatic nitrogens is 1. The molecule has 2 unspecified atom stereocenters. The number of thiazole rings is 1. The van der Waals surface area contributed by atoms with Crippen molar-refractivity contribution in [1.29, 1.82) is 0 Å². The lowest BCUT2D eigenvalue weighted by molar-refractivity contribution is -0.140. The molecular formula is C22H31N3OS. The van der Waals surface area contributed by atoms with Crippen molar-refractivity contribution in [3.8, 4) is 0 Å². The second kappa shape index (κ2) is 8.27. The van der Waals surface area contributed by atoms with Crippen LogP contribution >= 0.6 is 11.3 Å². The maximum absolute atomic E-state index is 13.1. The highest BCUT2D eigenvalue weighted by atomic mass is 32.1. The summed E-state index contributed by atoms with van der Waals surface area (Å²) in [4.78, 5) is 22.5. The van der Waals surface area contributed by atoms with Crippen LogP contribution in [-0.4, -0.2) is 52.4 Å². The standard InChI is InChI=1S/C22H31N3OS/c1-3-18-8-6-7-13-25(18)22(26)16(2)24-14-11-17(12-15-24)21-23-19-9-4-5-10-20(19)27-21/h4-5,9-10,16-18H,3,6-8,11-15H2,1-2H3. The molecule has 5 heteroatoms. The van der Waals surface area contributed by atoms with Crippen LogP contribution in [0.2, 0.25) is 0 Å². The van der Waals surface area contributed by atoms with Crippen LogP contribution in [-0.2, 0) is 4.79 Å². The minimum atomic E-state index is 0.00784. The highest BCUT2D eigenvalue weighted by molar-refractivity contribution is 7.18. The van der Waals surface area contributed by atoms with Crippen molar-refractivity contribution in [3.63, 3.8) is 0 Å². The smallest absolute Gasteiger partial charge is 0.239 e. The summed E-state index contributed by atoms with van der Waals surface area (Å²) in [5, 5.41) is 1.27. The van der Waals surface area contributed by atoms with E-state index in [9.17, 15) is 4.79 Å². The molecular weight excluding hydrogens is 354 g/mol. The van der Waals surface area contributed by atoms with Crippen molar-refractivity contribution in [2.24, 2.45) is 0 Å². The van der Waals surface area contributed by atoms with E-state index in [2.05, 4.69) is 47.9 Å². The Labute approximate surface area is 166 Å². The van der Waals surface area contributed by atoms with E-state index >= 15 is 0 Å². The highest BCUT2D eigenvalue weighted by Gasteiger charge is 2.33. The summed E-state index contributed by atoms with van der Waals surface area (Å²) >= 11 is 1.84. The zero-order chi connectivity index (χ0) is 18.8. The van der Waals surface area contributed by atoms with Crippen LogP contribution in [0.1, 0.15) is 63.3 Å². The molecule has 0 bridgehead atoms. The number of nitrogens with zero attached hydrogens (tertiary/aromatic N) is 3. The van der Waals surface area contributed by atoms with Gasteiger partial charge in [0, 0.05) is 18.5 Å². The second-order valence-electron chi connectivity index (χ2n) is 8.10. The zero-order valence-corrected chi connectivity index (χ0v) is 17.4. The number of fused-ring (bicyclic) bond motifs is 1. The number of benzene rings is 1. The van der Waals surface area contributed by atoms with Crippen LogP contribution in [0, 0.1) is 0 Å². The molecule has 2 atom stereocenters. The second-order valence-corrected chi connectivity index (χ2v) is 9.16. The molecule has 146 valence electrons. The van der Waals surface area contributed by atoms with Gasteiger partial charge in [-0.15, -0.1) is 11.3 Å². The number of rotatable bonds is 4. The topological polar surface area (TPSA) is 36.4 Å². The quantitative estimate of drug-likeness (QED) is 0.768. The van der Waals surface area contributed by atoms with Crippen LogP contribution in [0.15, 0.2) is 24.3 Å². The van der Waals surface area contributed by atoms with Gasteiger partial charge < -0.3 is 4.90 Å². The molecule has 2 aliphatic heterocycles. The minimum Gasteiger partial charge on any atom is -0.338 e. The van der Waals surface area contributed by atoms with E-state index in [1.807, 2.05) is 11.3 Å². The third-order valence-electron chi connectivity index (χ3n) is 6.48. The molecule has 0 N–H and O–H groups in total. The maximum Gasteiger partial charge on any atom is 0.239 e. The first-order valence-corrected chi connectivity index (χ1v) is 11.4. The number of carbonyl (C=O) groups excluding carboxylic acids is 1. The summed E-state index contributed by atoms with van der Waals surface area (Å²) in [5.41, 5.74) is 1.12. The molecule has 0 saturated carbocycles. The molecule has 27 heavy (non-hydrogen) atoms. The summed E-state index contributed by atoms with van der Waals surface area (Å²) in [6.45, 7) is 7.27. The van der Waals surface area contributed by atoms with Gasteiger partial charge in [-0.3, -0.25) is 9.69 Å². The zero-order valence-electron chi connectivity index (χ0n) is 16.6. The lowest BCUT2D eigenvalue weighted by Gasteiger charge is -2.41. The summed E-state index contributed by atoms with van der Waals surface area (Å²) in [6.07, 6.45) is 6.90. The predicted molar refractivity (Wildman–Crippen MR) is 112 cm³/mol. The molecule has 2 fully saturated rings. The van der Waals surface area contributed by atoms with Crippen molar-refractivity contribution >= 4 is 27.5 Å². The van der Waals surface area contributed by atoms with Crippen molar-refractivity contribution in [1.82, 2.24) is 14.8 Å². The fraction of sp³-hybridized carbons (Fsp3) is 0.636.